The molecule has 25 heavy (non-hydrogen) atoms. The standard InChI is InChI=1S/C16H15BrFN3O3S/c1-25(23,24)21-14-5-2-12(8-13(14)18)10-20-16(22)7-4-11-3-6-15(17)19-9-11/h2-9,21H,10H2,1H3,(H,20,22)/b7-4+. The molecular weight excluding hydrogens is 413 g/mol. The Hall–Kier alpha value is -2.26. The average Bonchev–Trinajstić information content (AvgIpc) is 2.53. The van der Waals surface area contributed by atoms with Gasteiger partial charge in [-0.1, -0.05) is 12.1 Å². The largest absolute Gasteiger partial charge is 0.348 e. The molecule has 0 atom stereocenters. The number of rotatable bonds is 6. The second kappa shape index (κ2) is 8.21. The van der Waals surface area contributed by atoms with Gasteiger partial charge in [-0.05, 0) is 51.3 Å². The molecule has 0 spiro atoms. The molecule has 1 aromatic heterocycles. The quantitative estimate of drug-likeness (QED) is 0.547. The van der Waals surface area contributed by atoms with Crippen LogP contribution in [0.15, 0.2) is 47.2 Å². The van der Waals surface area contributed by atoms with Gasteiger partial charge in [0.1, 0.15) is 10.4 Å². The van der Waals surface area contributed by atoms with E-state index in [1.165, 1.54) is 18.2 Å². The fraction of sp³-hybridized carbons (Fsp3) is 0.125. The summed E-state index contributed by atoms with van der Waals surface area (Å²) in [5, 5.41) is 2.61. The summed E-state index contributed by atoms with van der Waals surface area (Å²) in [7, 11) is -3.55. The highest BCUT2D eigenvalue weighted by Gasteiger charge is 2.08. The summed E-state index contributed by atoms with van der Waals surface area (Å²) < 4.78 is 38.8. The molecular formula is C16H15BrFN3O3S. The maximum atomic E-state index is 13.8. The van der Waals surface area contributed by atoms with Gasteiger partial charge in [0.15, 0.2) is 0 Å². The second-order valence-electron chi connectivity index (χ2n) is 5.15. The number of aromatic nitrogens is 1. The molecule has 0 fully saturated rings. The summed E-state index contributed by atoms with van der Waals surface area (Å²) in [6, 6.07) is 7.55. The zero-order valence-corrected chi connectivity index (χ0v) is 15.6. The van der Waals surface area contributed by atoms with Crippen LogP contribution in [0.3, 0.4) is 0 Å². The number of hydrogen-bond donors (Lipinski definition) is 2. The number of sulfonamides is 1. The van der Waals surface area contributed by atoms with Gasteiger partial charge in [0, 0.05) is 18.8 Å². The minimum atomic E-state index is -3.55. The van der Waals surface area contributed by atoms with E-state index in [-0.39, 0.29) is 18.1 Å². The number of amides is 1. The molecule has 0 saturated heterocycles. The van der Waals surface area contributed by atoms with Gasteiger partial charge in [-0.25, -0.2) is 17.8 Å². The Balaban J connectivity index is 1.93. The maximum absolute atomic E-state index is 13.8. The zero-order valence-electron chi connectivity index (χ0n) is 13.2. The lowest BCUT2D eigenvalue weighted by atomic mass is 10.2. The van der Waals surface area contributed by atoms with Crippen molar-refractivity contribution >= 4 is 43.6 Å². The summed E-state index contributed by atoms with van der Waals surface area (Å²) in [4.78, 5) is 15.8. The van der Waals surface area contributed by atoms with Crippen molar-refractivity contribution < 1.29 is 17.6 Å². The van der Waals surface area contributed by atoms with Crippen LogP contribution in [0.5, 0.6) is 0 Å². The summed E-state index contributed by atoms with van der Waals surface area (Å²) in [6.45, 7) is 0.109. The van der Waals surface area contributed by atoms with E-state index in [1.54, 1.807) is 24.4 Å². The number of carbonyl (C=O) groups excluding carboxylic acids is 1. The first-order valence-electron chi connectivity index (χ1n) is 7.06. The van der Waals surface area contributed by atoms with Crippen LogP contribution in [0.1, 0.15) is 11.1 Å². The molecule has 0 radical (unpaired) electrons. The predicted molar refractivity (Wildman–Crippen MR) is 97.7 cm³/mol. The lowest BCUT2D eigenvalue weighted by molar-refractivity contribution is -0.116. The molecule has 0 unspecified atom stereocenters. The highest BCUT2D eigenvalue weighted by Crippen LogP contribution is 2.16. The minimum absolute atomic E-state index is 0.109. The van der Waals surface area contributed by atoms with Crippen molar-refractivity contribution in [2.45, 2.75) is 6.54 Å². The summed E-state index contributed by atoms with van der Waals surface area (Å²) in [5.41, 5.74) is 1.13. The normalized spacial score (nSPS) is 11.5. The molecule has 0 aliphatic rings. The molecule has 0 aliphatic heterocycles. The van der Waals surface area contributed by atoms with Crippen LogP contribution in [-0.2, 0) is 21.4 Å². The third-order valence-corrected chi connectivity index (χ3v) is 4.03. The number of halogens is 2. The van der Waals surface area contributed by atoms with E-state index < -0.39 is 15.8 Å². The van der Waals surface area contributed by atoms with Gasteiger partial charge in [-0.3, -0.25) is 9.52 Å². The Morgan fingerprint density at radius 2 is 2.08 bits per heavy atom. The lowest BCUT2D eigenvalue weighted by Crippen LogP contribution is -2.20. The van der Waals surface area contributed by atoms with E-state index in [4.69, 9.17) is 0 Å². The topological polar surface area (TPSA) is 88.2 Å². The summed E-state index contributed by atoms with van der Waals surface area (Å²) >= 11 is 3.22. The van der Waals surface area contributed by atoms with Gasteiger partial charge >= 0.3 is 0 Å². The van der Waals surface area contributed by atoms with Gasteiger partial charge in [0.05, 0.1) is 11.9 Å². The first-order chi connectivity index (χ1) is 11.7. The third-order valence-electron chi connectivity index (χ3n) is 2.97. The Morgan fingerprint density at radius 3 is 2.68 bits per heavy atom. The number of pyridine rings is 1. The molecule has 0 saturated carbocycles. The molecule has 2 N–H and O–H groups in total. The molecule has 132 valence electrons. The van der Waals surface area contributed by atoms with Crippen LogP contribution in [0.25, 0.3) is 6.08 Å². The fourth-order valence-electron chi connectivity index (χ4n) is 1.86. The first kappa shape index (κ1) is 19.1. The van der Waals surface area contributed by atoms with E-state index >= 15 is 0 Å². The Kier molecular flexibility index (Phi) is 6.27. The third kappa shape index (κ3) is 6.63. The second-order valence-corrected chi connectivity index (χ2v) is 7.71. The van der Waals surface area contributed by atoms with Gasteiger partial charge in [0.25, 0.3) is 0 Å². The highest BCUT2D eigenvalue weighted by atomic mass is 79.9. The number of carbonyl (C=O) groups is 1. The summed E-state index contributed by atoms with van der Waals surface area (Å²) in [5.74, 6) is -1.06. The van der Waals surface area contributed by atoms with Crippen LogP contribution < -0.4 is 10.0 Å². The van der Waals surface area contributed by atoms with Crippen LogP contribution in [0.2, 0.25) is 0 Å². The van der Waals surface area contributed by atoms with Crippen molar-refractivity contribution in [3.8, 4) is 0 Å². The van der Waals surface area contributed by atoms with Crippen LogP contribution in [0, 0.1) is 5.82 Å². The number of benzene rings is 1. The van der Waals surface area contributed by atoms with Gasteiger partial charge in [-0.15, -0.1) is 0 Å². The van der Waals surface area contributed by atoms with Crippen LogP contribution in [-0.4, -0.2) is 25.6 Å². The van der Waals surface area contributed by atoms with Crippen molar-refractivity contribution in [3.05, 3.63) is 64.2 Å². The molecule has 9 heteroatoms. The molecule has 1 heterocycles. The van der Waals surface area contributed by atoms with E-state index in [1.807, 2.05) is 0 Å². The molecule has 0 aliphatic carbocycles. The van der Waals surface area contributed by atoms with Crippen LogP contribution in [0.4, 0.5) is 10.1 Å². The Bertz CT molecular complexity index is 899. The van der Waals surface area contributed by atoms with E-state index in [9.17, 15) is 17.6 Å². The Morgan fingerprint density at radius 1 is 1.32 bits per heavy atom. The van der Waals surface area contributed by atoms with Crippen molar-refractivity contribution in [1.29, 1.82) is 0 Å². The fourth-order valence-corrected chi connectivity index (χ4v) is 2.66. The minimum Gasteiger partial charge on any atom is -0.348 e. The number of hydrogen-bond acceptors (Lipinski definition) is 4. The van der Waals surface area contributed by atoms with Crippen molar-refractivity contribution in [3.63, 3.8) is 0 Å². The number of anilines is 1. The van der Waals surface area contributed by atoms with Crippen molar-refractivity contribution in [2.75, 3.05) is 11.0 Å². The van der Waals surface area contributed by atoms with Crippen molar-refractivity contribution in [2.24, 2.45) is 0 Å². The highest BCUT2D eigenvalue weighted by molar-refractivity contribution is 9.10. The average molecular weight is 428 g/mol. The van der Waals surface area contributed by atoms with Gasteiger partial charge < -0.3 is 5.32 Å². The van der Waals surface area contributed by atoms with Gasteiger partial charge in [-0.2, -0.15) is 0 Å². The van der Waals surface area contributed by atoms with Gasteiger partial charge in [0.2, 0.25) is 15.9 Å². The molecule has 0 bridgehead atoms. The van der Waals surface area contributed by atoms with E-state index in [0.29, 0.717) is 10.2 Å². The Labute approximate surface area is 153 Å². The zero-order chi connectivity index (χ0) is 18.4. The summed E-state index contributed by atoms with van der Waals surface area (Å²) in [6.07, 6.45) is 5.50. The lowest BCUT2D eigenvalue weighted by Gasteiger charge is -2.08. The van der Waals surface area contributed by atoms with Crippen molar-refractivity contribution in [1.82, 2.24) is 10.3 Å². The molecule has 1 amide bonds. The SMILES string of the molecule is CS(=O)(=O)Nc1ccc(CNC(=O)/C=C/c2ccc(Br)nc2)cc1F. The molecule has 2 rings (SSSR count). The maximum Gasteiger partial charge on any atom is 0.244 e. The smallest absolute Gasteiger partial charge is 0.244 e. The van der Waals surface area contributed by atoms with E-state index in [2.05, 4.69) is 31.0 Å². The van der Waals surface area contributed by atoms with Crippen LogP contribution >= 0.6 is 15.9 Å². The first-order valence-corrected chi connectivity index (χ1v) is 9.75. The molecule has 6 nitrogen and oxygen atoms in total. The number of nitrogens with one attached hydrogen (secondary N) is 2. The molecule has 2 aromatic rings. The van der Waals surface area contributed by atoms with E-state index in [0.717, 1.165) is 17.9 Å². The number of nitrogens with zero attached hydrogens (tertiary/aromatic N) is 1. The molecule has 1 aromatic carbocycles. The monoisotopic (exact) mass is 427 g/mol. The predicted octanol–water partition coefficient (Wildman–Crippen LogP) is 2.68.